The van der Waals surface area contributed by atoms with E-state index in [4.69, 9.17) is 11.6 Å². The van der Waals surface area contributed by atoms with Crippen molar-refractivity contribution in [3.05, 3.63) is 44.7 Å². The van der Waals surface area contributed by atoms with E-state index in [-0.39, 0.29) is 10.0 Å². The summed E-state index contributed by atoms with van der Waals surface area (Å²) >= 11 is 8.52. The van der Waals surface area contributed by atoms with E-state index in [0.29, 0.717) is 42.0 Å². The molecule has 0 amide bonds. The topological polar surface area (TPSA) is 64.8 Å². The van der Waals surface area contributed by atoms with Gasteiger partial charge in [-0.25, -0.2) is 0 Å². The molecule has 3 aromatic rings. The Bertz CT molecular complexity index is 987. The zero-order valence-corrected chi connectivity index (χ0v) is 17.4. The predicted octanol–water partition coefficient (Wildman–Crippen LogP) is 2.03. The van der Waals surface area contributed by atoms with Crippen molar-refractivity contribution >= 4 is 86.3 Å². The number of aryl methyl sites for hydroxylation is 1. The maximum absolute atomic E-state index is 13.0. The summed E-state index contributed by atoms with van der Waals surface area (Å²) < 4.78 is 28.7. The van der Waals surface area contributed by atoms with Crippen LogP contribution in [0.25, 0.3) is 11.2 Å². The SMILES string of the molecule is Cc1ccc(S(=O)(=O)n2[c]([Na])c(I)c3nc(Cl)cnc32)cc1. The average molecular weight is 456 g/mol. The number of rotatable bonds is 2. The molecule has 5 nitrogen and oxygen atoms in total. The second kappa shape index (κ2) is 6.03. The van der Waals surface area contributed by atoms with Crippen LogP contribution in [-0.2, 0) is 10.0 Å². The van der Waals surface area contributed by atoms with Gasteiger partial charge in [0.05, 0.1) is 0 Å². The van der Waals surface area contributed by atoms with Crippen LogP contribution in [0.4, 0.5) is 0 Å². The van der Waals surface area contributed by atoms with Crippen molar-refractivity contribution in [3.8, 4) is 0 Å². The number of aromatic nitrogens is 3. The Morgan fingerprint density at radius 1 is 1.27 bits per heavy atom. The van der Waals surface area contributed by atoms with Crippen molar-refractivity contribution in [3.63, 3.8) is 0 Å². The van der Waals surface area contributed by atoms with Crippen molar-refractivity contribution in [1.82, 2.24) is 13.9 Å². The van der Waals surface area contributed by atoms with Gasteiger partial charge in [0.25, 0.3) is 0 Å². The standard InChI is InChI=1S/C13H8ClIN3O2S.Na/c1-8-2-4-9(5-3-8)21(19,20)18-7-10(15)12-13(18)16-6-11(14)17-12;/h2-6H,1H3;. The van der Waals surface area contributed by atoms with Gasteiger partial charge in [-0.05, 0) is 0 Å². The van der Waals surface area contributed by atoms with Crippen LogP contribution in [-0.4, -0.2) is 50.3 Å². The Balaban J connectivity index is 2.34. The second-order valence-electron chi connectivity index (χ2n) is 4.85. The Kier molecular flexibility index (Phi) is 4.56. The Morgan fingerprint density at radius 3 is 2.55 bits per heavy atom. The maximum atomic E-state index is 13.0. The molecule has 1 aromatic carbocycles. The van der Waals surface area contributed by atoms with Crippen LogP contribution in [0.5, 0.6) is 0 Å². The number of nitrogens with zero attached hydrogens (tertiary/aromatic N) is 3. The summed E-state index contributed by atoms with van der Waals surface area (Å²) in [6.45, 7) is 1.91. The molecule has 0 saturated carbocycles. The summed E-state index contributed by atoms with van der Waals surface area (Å²) in [4.78, 5) is 8.63. The van der Waals surface area contributed by atoms with E-state index in [9.17, 15) is 8.42 Å². The zero-order valence-electron chi connectivity index (χ0n) is 11.7. The quantitative estimate of drug-likeness (QED) is 0.438. The number of benzene rings is 1. The summed E-state index contributed by atoms with van der Waals surface area (Å²) in [6, 6.07) is 6.76. The van der Waals surface area contributed by atoms with E-state index in [0.717, 1.165) is 9.13 Å². The van der Waals surface area contributed by atoms with Crippen LogP contribution in [0.3, 0.4) is 0 Å². The first-order chi connectivity index (χ1) is 10.3. The van der Waals surface area contributed by atoms with Crippen LogP contribution in [0.2, 0.25) is 5.15 Å². The van der Waals surface area contributed by atoms with Gasteiger partial charge in [-0.15, -0.1) is 0 Å². The summed E-state index contributed by atoms with van der Waals surface area (Å²) in [6.07, 6.45) is 1.36. The van der Waals surface area contributed by atoms with Crippen molar-refractivity contribution in [2.45, 2.75) is 11.8 Å². The van der Waals surface area contributed by atoms with Crippen molar-refractivity contribution < 1.29 is 8.42 Å². The van der Waals surface area contributed by atoms with E-state index < -0.39 is 10.0 Å². The van der Waals surface area contributed by atoms with Gasteiger partial charge >= 0.3 is 165 Å². The van der Waals surface area contributed by atoms with Crippen LogP contribution in [0, 0.1) is 10.5 Å². The summed E-state index contributed by atoms with van der Waals surface area (Å²) in [5, 5.41) is 0.247. The zero-order chi connectivity index (χ0) is 16.1. The number of hydrogen-bond donors (Lipinski definition) is 0. The molecule has 2 aromatic heterocycles. The number of hydrogen-bond acceptors (Lipinski definition) is 4. The van der Waals surface area contributed by atoms with Gasteiger partial charge in [-0.1, -0.05) is 0 Å². The third-order valence-electron chi connectivity index (χ3n) is 3.31. The molecule has 0 fully saturated rings. The van der Waals surface area contributed by atoms with Gasteiger partial charge in [0.2, 0.25) is 0 Å². The monoisotopic (exact) mass is 455 g/mol. The molecule has 0 bridgehead atoms. The van der Waals surface area contributed by atoms with Crippen LogP contribution in [0.1, 0.15) is 5.56 Å². The van der Waals surface area contributed by atoms with Gasteiger partial charge in [0.15, 0.2) is 0 Å². The van der Waals surface area contributed by atoms with E-state index >= 15 is 0 Å². The Morgan fingerprint density at radius 2 is 1.91 bits per heavy atom. The molecule has 0 saturated heterocycles. The van der Waals surface area contributed by atoms with E-state index in [1.54, 1.807) is 24.3 Å². The predicted molar refractivity (Wildman–Crippen MR) is 94.4 cm³/mol. The molecule has 0 spiro atoms. The molecule has 0 N–H and O–H groups in total. The summed E-state index contributed by atoms with van der Waals surface area (Å²) in [7, 11) is -3.70. The van der Waals surface area contributed by atoms with Crippen molar-refractivity contribution in [2.24, 2.45) is 0 Å². The molecule has 3 rings (SSSR count). The first kappa shape index (κ1) is 16.7. The van der Waals surface area contributed by atoms with E-state index in [1.807, 2.05) is 6.92 Å². The Hall–Kier alpha value is -0.190. The second-order valence-corrected chi connectivity index (χ2v) is 9.05. The van der Waals surface area contributed by atoms with Gasteiger partial charge in [0.1, 0.15) is 0 Å². The van der Waals surface area contributed by atoms with Gasteiger partial charge in [-0.3, -0.25) is 0 Å². The fourth-order valence-electron chi connectivity index (χ4n) is 2.19. The van der Waals surface area contributed by atoms with E-state index in [1.165, 1.54) is 10.2 Å². The molecule has 0 unspecified atom stereocenters. The van der Waals surface area contributed by atoms with Crippen molar-refractivity contribution in [1.29, 1.82) is 0 Å². The third-order valence-corrected chi connectivity index (χ3v) is 8.86. The van der Waals surface area contributed by atoms with Crippen LogP contribution >= 0.6 is 34.2 Å². The summed E-state index contributed by atoms with van der Waals surface area (Å²) in [5.74, 6) is 0. The van der Waals surface area contributed by atoms with Gasteiger partial charge < -0.3 is 0 Å². The third kappa shape index (κ3) is 2.71. The fraction of sp³-hybridized carbons (Fsp3) is 0.0769. The molecule has 108 valence electrons. The molecule has 2 heterocycles. The van der Waals surface area contributed by atoms with Gasteiger partial charge in [-0.2, -0.15) is 0 Å². The summed E-state index contributed by atoms with van der Waals surface area (Å²) in [5.41, 5.74) is 1.84. The molecule has 0 radical (unpaired) electrons. The van der Waals surface area contributed by atoms with Crippen molar-refractivity contribution in [2.75, 3.05) is 0 Å². The molecule has 22 heavy (non-hydrogen) atoms. The van der Waals surface area contributed by atoms with Crippen LogP contribution < -0.4 is 2.94 Å². The van der Waals surface area contributed by atoms with Gasteiger partial charge in [0, 0.05) is 0 Å². The number of fused-ring (bicyclic) bond motifs is 1. The average Bonchev–Trinajstić information content (AvgIpc) is 2.72. The molecule has 0 aliphatic rings. The fourth-order valence-corrected chi connectivity index (χ4v) is 5.76. The van der Waals surface area contributed by atoms with Crippen LogP contribution in [0.15, 0.2) is 35.4 Å². The normalized spacial score (nSPS) is 12.0. The Labute approximate surface area is 163 Å². The minimum atomic E-state index is -3.70. The minimum absolute atomic E-state index is 0.236. The first-order valence-corrected chi connectivity index (χ1v) is 10.2. The molecule has 0 atom stereocenters. The molecule has 9 heteroatoms. The number of halogens is 2. The molecule has 0 aliphatic carbocycles. The first-order valence-electron chi connectivity index (χ1n) is 6.33. The van der Waals surface area contributed by atoms with E-state index in [2.05, 4.69) is 32.6 Å². The molecule has 0 aliphatic heterocycles. The molecular formula is C13H8ClIN3NaO2S. The molecular weight excluding hydrogens is 448 g/mol.